The molecule has 4 nitrogen and oxygen atoms in total. The summed E-state index contributed by atoms with van der Waals surface area (Å²) in [6, 6.07) is 4.06. The van der Waals surface area contributed by atoms with Crippen molar-refractivity contribution in [3.8, 4) is 0 Å². The van der Waals surface area contributed by atoms with Gasteiger partial charge in [0.05, 0.1) is 24.4 Å². The van der Waals surface area contributed by atoms with E-state index in [0.29, 0.717) is 12.0 Å². The van der Waals surface area contributed by atoms with Crippen LogP contribution in [0.3, 0.4) is 0 Å². The molecule has 2 aromatic rings. The fourth-order valence-electron chi connectivity index (χ4n) is 4.42. The zero-order chi connectivity index (χ0) is 16.4. The summed E-state index contributed by atoms with van der Waals surface area (Å²) in [6.07, 6.45) is 7.73. The first kappa shape index (κ1) is 16.2. The number of rotatable bonds is 6. The number of fused-ring (bicyclic) bond motifs is 1. The Bertz CT molecular complexity index is 674. The van der Waals surface area contributed by atoms with Crippen LogP contribution >= 0.6 is 11.3 Å². The fraction of sp³-hybridized carbons (Fsp3) is 0.579. The number of ether oxygens (including phenoxy) is 1. The van der Waals surface area contributed by atoms with Crippen LogP contribution in [0.5, 0.6) is 0 Å². The van der Waals surface area contributed by atoms with Gasteiger partial charge in [-0.15, -0.1) is 11.3 Å². The van der Waals surface area contributed by atoms with E-state index in [9.17, 15) is 0 Å². The van der Waals surface area contributed by atoms with Crippen molar-refractivity contribution >= 4 is 11.3 Å². The van der Waals surface area contributed by atoms with Crippen LogP contribution in [-0.4, -0.2) is 34.6 Å². The zero-order valence-corrected chi connectivity index (χ0v) is 15.1. The van der Waals surface area contributed by atoms with E-state index >= 15 is 0 Å². The maximum Gasteiger partial charge on any atom is 0.0798 e. The van der Waals surface area contributed by atoms with Gasteiger partial charge in [0.15, 0.2) is 0 Å². The Kier molecular flexibility index (Phi) is 4.66. The molecule has 1 aliphatic carbocycles. The summed E-state index contributed by atoms with van der Waals surface area (Å²) in [4.78, 5) is 12.6. The molecule has 128 valence electrons. The van der Waals surface area contributed by atoms with Crippen LogP contribution in [0.15, 0.2) is 30.0 Å². The number of likely N-dealkylation sites (tertiary alicyclic amines) is 1. The summed E-state index contributed by atoms with van der Waals surface area (Å²) in [6.45, 7) is 7.11. The Labute approximate surface area is 147 Å². The minimum atomic E-state index is 0.362. The van der Waals surface area contributed by atoms with Gasteiger partial charge >= 0.3 is 0 Å². The molecule has 0 unspecified atom stereocenters. The number of hydrogen-bond acceptors (Lipinski definition) is 5. The molecule has 0 N–H and O–H groups in total. The average Bonchev–Trinajstić information content (AvgIpc) is 3.24. The summed E-state index contributed by atoms with van der Waals surface area (Å²) in [5.41, 5.74) is 4.69. The lowest BCUT2D eigenvalue weighted by molar-refractivity contribution is 0.0265. The van der Waals surface area contributed by atoms with Crippen molar-refractivity contribution in [2.24, 2.45) is 11.3 Å². The molecule has 1 saturated heterocycles. The molecule has 1 aliphatic heterocycles. The normalized spacial score (nSPS) is 26.8. The van der Waals surface area contributed by atoms with E-state index in [2.05, 4.69) is 27.9 Å². The quantitative estimate of drug-likeness (QED) is 0.802. The van der Waals surface area contributed by atoms with Gasteiger partial charge in [-0.1, -0.05) is 12.5 Å². The second kappa shape index (κ2) is 6.90. The van der Waals surface area contributed by atoms with Crippen LogP contribution in [0.1, 0.15) is 35.4 Å². The van der Waals surface area contributed by atoms with E-state index < -0.39 is 0 Å². The van der Waals surface area contributed by atoms with E-state index in [1.165, 1.54) is 48.5 Å². The highest BCUT2D eigenvalue weighted by Gasteiger charge is 2.49. The van der Waals surface area contributed by atoms with Crippen molar-refractivity contribution in [1.29, 1.82) is 0 Å². The van der Waals surface area contributed by atoms with E-state index in [1.807, 2.05) is 24.0 Å². The summed E-state index contributed by atoms with van der Waals surface area (Å²) in [5.74, 6) is 0.791. The zero-order valence-electron chi connectivity index (χ0n) is 14.3. The molecule has 0 bridgehead atoms. The maximum atomic E-state index is 6.14. The summed E-state index contributed by atoms with van der Waals surface area (Å²) >= 11 is 1.79. The van der Waals surface area contributed by atoms with E-state index in [-0.39, 0.29) is 0 Å². The third kappa shape index (κ3) is 3.25. The molecule has 0 radical (unpaired) electrons. The smallest absolute Gasteiger partial charge is 0.0798 e. The standard InChI is InChI=1S/C19H25N3OS/c1-15-18(24-14-21-15)10-22-9-17-5-2-6-19(17,12-22)13-23-11-16-4-3-7-20-8-16/h3-4,7-8,14,17H,2,5-6,9-13H2,1H3/t17-,19+/m1/s1. The van der Waals surface area contributed by atoms with Crippen LogP contribution in [0.25, 0.3) is 0 Å². The number of aromatic nitrogens is 2. The highest BCUT2D eigenvalue weighted by Crippen LogP contribution is 2.49. The molecule has 24 heavy (non-hydrogen) atoms. The van der Waals surface area contributed by atoms with Crippen LogP contribution in [0.2, 0.25) is 0 Å². The van der Waals surface area contributed by atoms with Crippen molar-refractivity contribution in [2.45, 2.75) is 39.3 Å². The number of thiazole rings is 1. The summed E-state index contributed by atoms with van der Waals surface area (Å²) < 4.78 is 6.14. The van der Waals surface area contributed by atoms with Crippen molar-refractivity contribution in [2.75, 3.05) is 19.7 Å². The van der Waals surface area contributed by atoms with Crippen molar-refractivity contribution in [3.05, 3.63) is 46.2 Å². The van der Waals surface area contributed by atoms with Gasteiger partial charge in [0.1, 0.15) is 0 Å². The van der Waals surface area contributed by atoms with Crippen molar-refractivity contribution in [3.63, 3.8) is 0 Å². The largest absolute Gasteiger partial charge is 0.376 e. The van der Waals surface area contributed by atoms with E-state index in [4.69, 9.17) is 4.74 Å². The van der Waals surface area contributed by atoms with E-state index in [0.717, 1.165) is 19.1 Å². The lowest BCUT2D eigenvalue weighted by Crippen LogP contribution is -2.32. The highest BCUT2D eigenvalue weighted by atomic mass is 32.1. The first-order chi connectivity index (χ1) is 11.8. The Morgan fingerprint density at radius 1 is 1.46 bits per heavy atom. The lowest BCUT2D eigenvalue weighted by atomic mass is 9.81. The summed E-state index contributed by atoms with van der Waals surface area (Å²) in [5, 5.41) is 0. The monoisotopic (exact) mass is 343 g/mol. The Morgan fingerprint density at radius 2 is 2.42 bits per heavy atom. The average molecular weight is 343 g/mol. The van der Waals surface area contributed by atoms with Crippen LogP contribution in [0.4, 0.5) is 0 Å². The minimum absolute atomic E-state index is 0.362. The molecule has 0 aromatic carbocycles. The van der Waals surface area contributed by atoms with Gasteiger partial charge in [0.25, 0.3) is 0 Å². The van der Waals surface area contributed by atoms with Gasteiger partial charge in [-0.25, -0.2) is 4.98 Å². The van der Waals surface area contributed by atoms with Gasteiger partial charge in [-0.05, 0) is 37.3 Å². The van der Waals surface area contributed by atoms with Gasteiger partial charge < -0.3 is 4.74 Å². The van der Waals surface area contributed by atoms with Crippen molar-refractivity contribution in [1.82, 2.24) is 14.9 Å². The van der Waals surface area contributed by atoms with Crippen LogP contribution < -0.4 is 0 Å². The molecule has 0 spiro atoms. The van der Waals surface area contributed by atoms with E-state index in [1.54, 1.807) is 11.3 Å². The Morgan fingerprint density at radius 3 is 3.21 bits per heavy atom. The minimum Gasteiger partial charge on any atom is -0.376 e. The van der Waals surface area contributed by atoms with Gasteiger partial charge in [0, 0.05) is 42.3 Å². The van der Waals surface area contributed by atoms with Gasteiger partial charge in [-0.3, -0.25) is 9.88 Å². The molecule has 3 heterocycles. The molecular formula is C19H25N3OS. The Hall–Kier alpha value is -1.30. The molecule has 2 fully saturated rings. The summed E-state index contributed by atoms with van der Waals surface area (Å²) in [7, 11) is 0. The van der Waals surface area contributed by atoms with Gasteiger partial charge in [-0.2, -0.15) is 0 Å². The van der Waals surface area contributed by atoms with Crippen LogP contribution in [0, 0.1) is 18.3 Å². The SMILES string of the molecule is Cc1ncsc1CN1C[C@H]2CCC[C@@]2(COCc2cccnc2)C1. The molecule has 2 atom stereocenters. The topological polar surface area (TPSA) is 38.2 Å². The number of hydrogen-bond donors (Lipinski definition) is 0. The first-order valence-corrected chi connectivity index (χ1v) is 9.71. The Balaban J connectivity index is 1.37. The molecule has 1 saturated carbocycles. The third-order valence-electron chi connectivity index (χ3n) is 5.70. The molecular weight excluding hydrogens is 318 g/mol. The molecule has 0 amide bonds. The number of pyridine rings is 1. The second-order valence-electron chi connectivity index (χ2n) is 7.34. The first-order valence-electron chi connectivity index (χ1n) is 8.83. The predicted octanol–water partition coefficient (Wildman–Crippen LogP) is 3.67. The maximum absolute atomic E-state index is 6.14. The lowest BCUT2D eigenvalue weighted by Gasteiger charge is -2.28. The highest BCUT2D eigenvalue weighted by molar-refractivity contribution is 7.09. The molecule has 2 aliphatic rings. The third-order valence-corrected chi connectivity index (χ3v) is 6.62. The van der Waals surface area contributed by atoms with Gasteiger partial charge in [0.2, 0.25) is 0 Å². The molecule has 5 heteroatoms. The number of aryl methyl sites for hydroxylation is 1. The predicted molar refractivity (Wildman–Crippen MR) is 95.8 cm³/mol. The van der Waals surface area contributed by atoms with Crippen LogP contribution in [-0.2, 0) is 17.9 Å². The second-order valence-corrected chi connectivity index (χ2v) is 8.28. The fourth-order valence-corrected chi connectivity index (χ4v) is 5.24. The molecule has 2 aromatic heterocycles. The molecule has 4 rings (SSSR count). The van der Waals surface area contributed by atoms with Crippen molar-refractivity contribution < 1.29 is 4.74 Å². The number of nitrogens with zero attached hydrogens (tertiary/aromatic N) is 3.